The van der Waals surface area contributed by atoms with Crippen LogP contribution in [0, 0.1) is 11.3 Å². The molecule has 2 aromatic carbocycles. The first-order valence-electron chi connectivity index (χ1n) is 7.93. The van der Waals surface area contributed by atoms with E-state index in [0.717, 1.165) is 24.3 Å². The van der Waals surface area contributed by atoms with E-state index in [9.17, 15) is 4.79 Å². The first-order chi connectivity index (χ1) is 11.7. The van der Waals surface area contributed by atoms with Crippen molar-refractivity contribution in [2.45, 2.75) is 6.42 Å². The van der Waals surface area contributed by atoms with E-state index in [1.165, 1.54) is 0 Å². The summed E-state index contributed by atoms with van der Waals surface area (Å²) in [6.45, 7) is 3.01. The average molecular weight is 340 g/mol. The highest BCUT2D eigenvalue weighted by molar-refractivity contribution is 6.30. The molecule has 0 N–H and O–H groups in total. The van der Waals surface area contributed by atoms with Crippen LogP contribution in [-0.4, -0.2) is 37.0 Å². The van der Waals surface area contributed by atoms with Crippen LogP contribution in [0.4, 0.5) is 5.69 Å². The maximum absolute atomic E-state index is 12.4. The van der Waals surface area contributed by atoms with Gasteiger partial charge < -0.3 is 9.80 Å². The van der Waals surface area contributed by atoms with Gasteiger partial charge in [0.05, 0.1) is 18.1 Å². The van der Waals surface area contributed by atoms with Gasteiger partial charge >= 0.3 is 0 Å². The van der Waals surface area contributed by atoms with Gasteiger partial charge in [-0.05, 0) is 42.0 Å². The molecule has 0 unspecified atom stereocenters. The predicted octanol–water partition coefficient (Wildman–Crippen LogP) is 3.10. The zero-order valence-electron chi connectivity index (χ0n) is 13.3. The van der Waals surface area contributed by atoms with Crippen molar-refractivity contribution in [2.24, 2.45) is 0 Å². The molecule has 3 rings (SSSR count). The molecular weight excluding hydrogens is 322 g/mol. The van der Waals surface area contributed by atoms with Gasteiger partial charge in [-0.25, -0.2) is 0 Å². The Bertz CT molecular complexity index is 759. The molecule has 0 aliphatic carbocycles. The number of nitriles is 1. The third-order valence-corrected chi connectivity index (χ3v) is 4.47. The summed E-state index contributed by atoms with van der Waals surface area (Å²) in [5.74, 6) is 0.136. The molecule has 1 amide bonds. The van der Waals surface area contributed by atoms with Crippen LogP contribution in [0.5, 0.6) is 0 Å². The molecule has 0 radical (unpaired) electrons. The molecule has 4 nitrogen and oxygen atoms in total. The first-order valence-corrected chi connectivity index (χ1v) is 8.31. The van der Waals surface area contributed by atoms with Gasteiger partial charge in [-0.15, -0.1) is 0 Å². The van der Waals surface area contributed by atoms with Gasteiger partial charge in [-0.1, -0.05) is 23.7 Å². The summed E-state index contributed by atoms with van der Waals surface area (Å²) in [5, 5.41) is 9.52. The molecule has 1 fully saturated rings. The normalized spacial score (nSPS) is 14.3. The maximum Gasteiger partial charge on any atom is 0.227 e. The summed E-state index contributed by atoms with van der Waals surface area (Å²) >= 11 is 5.97. The lowest BCUT2D eigenvalue weighted by molar-refractivity contribution is -0.130. The molecule has 0 spiro atoms. The average Bonchev–Trinajstić information content (AvgIpc) is 2.62. The number of amides is 1. The van der Waals surface area contributed by atoms with Crippen LogP contribution >= 0.6 is 11.6 Å². The first kappa shape index (κ1) is 16.4. The van der Waals surface area contributed by atoms with Gasteiger partial charge in [0.15, 0.2) is 0 Å². The van der Waals surface area contributed by atoms with Gasteiger partial charge in [0.1, 0.15) is 0 Å². The van der Waals surface area contributed by atoms with E-state index in [4.69, 9.17) is 16.9 Å². The summed E-state index contributed by atoms with van der Waals surface area (Å²) < 4.78 is 0. The van der Waals surface area contributed by atoms with Crippen LogP contribution in [0.1, 0.15) is 11.1 Å². The largest absolute Gasteiger partial charge is 0.368 e. The van der Waals surface area contributed by atoms with Gasteiger partial charge in [-0.2, -0.15) is 5.26 Å². The molecule has 1 aliphatic heterocycles. The van der Waals surface area contributed by atoms with Crippen LogP contribution in [0.2, 0.25) is 5.02 Å². The van der Waals surface area contributed by atoms with Crippen molar-refractivity contribution in [3.8, 4) is 6.07 Å². The van der Waals surface area contributed by atoms with Crippen molar-refractivity contribution < 1.29 is 4.79 Å². The second-order valence-corrected chi connectivity index (χ2v) is 6.27. The maximum atomic E-state index is 12.4. The van der Waals surface area contributed by atoms with E-state index < -0.39 is 0 Å². The molecule has 122 valence electrons. The second kappa shape index (κ2) is 7.37. The number of piperazine rings is 1. The lowest BCUT2D eigenvalue weighted by Crippen LogP contribution is -2.49. The number of anilines is 1. The molecule has 5 heteroatoms. The quantitative estimate of drug-likeness (QED) is 0.863. The van der Waals surface area contributed by atoms with Crippen molar-refractivity contribution in [1.82, 2.24) is 4.90 Å². The number of carbonyl (C=O) groups excluding carboxylic acids is 1. The highest BCUT2D eigenvalue weighted by Gasteiger charge is 2.21. The summed E-state index contributed by atoms with van der Waals surface area (Å²) in [5.41, 5.74) is 2.70. The van der Waals surface area contributed by atoms with Gasteiger partial charge in [0.2, 0.25) is 5.91 Å². The van der Waals surface area contributed by atoms with Crippen molar-refractivity contribution in [3.63, 3.8) is 0 Å². The number of halogens is 1. The number of benzene rings is 2. The zero-order valence-corrected chi connectivity index (χ0v) is 14.0. The smallest absolute Gasteiger partial charge is 0.227 e. The standard InChI is InChI=1S/C19H18ClN3O/c20-17-3-1-2-16(12-17)13-19(24)23-10-8-22(9-11-23)18-6-4-15(14-21)5-7-18/h1-7,12H,8-11,13H2. The SMILES string of the molecule is N#Cc1ccc(N2CCN(C(=O)Cc3cccc(Cl)c3)CC2)cc1. The highest BCUT2D eigenvalue weighted by Crippen LogP contribution is 2.18. The van der Waals surface area contributed by atoms with Crippen molar-refractivity contribution >= 4 is 23.2 Å². The fourth-order valence-electron chi connectivity index (χ4n) is 2.89. The molecule has 1 saturated heterocycles. The summed E-state index contributed by atoms with van der Waals surface area (Å²) in [6, 6.07) is 17.1. The second-order valence-electron chi connectivity index (χ2n) is 5.83. The molecule has 0 saturated carbocycles. The Morgan fingerprint density at radius 3 is 2.42 bits per heavy atom. The monoisotopic (exact) mass is 339 g/mol. The molecule has 0 atom stereocenters. The van der Waals surface area contributed by atoms with E-state index in [0.29, 0.717) is 30.1 Å². The minimum absolute atomic E-state index is 0.136. The van der Waals surface area contributed by atoms with Gasteiger partial charge in [0.25, 0.3) is 0 Å². The van der Waals surface area contributed by atoms with Crippen LogP contribution < -0.4 is 4.90 Å². The summed E-state index contributed by atoms with van der Waals surface area (Å²) in [7, 11) is 0. The van der Waals surface area contributed by atoms with Gasteiger partial charge in [-0.3, -0.25) is 4.79 Å². The Kier molecular flexibility index (Phi) is 5.02. The van der Waals surface area contributed by atoms with Crippen molar-refractivity contribution in [2.75, 3.05) is 31.1 Å². The predicted molar refractivity (Wildman–Crippen MR) is 95.1 cm³/mol. The Morgan fingerprint density at radius 2 is 1.79 bits per heavy atom. The number of hydrogen-bond acceptors (Lipinski definition) is 3. The zero-order chi connectivity index (χ0) is 16.9. The van der Waals surface area contributed by atoms with Crippen LogP contribution in [0.15, 0.2) is 48.5 Å². The van der Waals surface area contributed by atoms with Gasteiger partial charge in [0, 0.05) is 36.9 Å². The Hall–Kier alpha value is -2.51. The summed E-state index contributed by atoms with van der Waals surface area (Å²) in [6.07, 6.45) is 0.386. The number of nitrogens with zero attached hydrogens (tertiary/aromatic N) is 3. The van der Waals surface area contributed by atoms with E-state index in [-0.39, 0.29) is 5.91 Å². The molecule has 24 heavy (non-hydrogen) atoms. The third-order valence-electron chi connectivity index (χ3n) is 4.24. The lowest BCUT2D eigenvalue weighted by Gasteiger charge is -2.36. The molecule has 1 aliphatic rings. The minimum Gasteiger partial charge on any atom is -0.368 e. The molecule has 0 aromatic heterocycles. The lowest BCUT2D eigenvalue weighted by atomic mass is 10.1. The molecule has 1 heterocycles. The third kappa shape index (κ3) is 3.87. The van der Waals surface area contributed by atoms with Crippen LogP contribution in [0.3, 0.4) is 0 Å². The van der Waals surface area contributed by atoms with E-state index >= 15 is 0 Å². The molecular formula is C19H18ClN3O. The fourth-order valence-corrected chi connectivity index (χ4v) is 3.11. The Balaban J connectivity index is 1.56. The van der Waals surface area contributed by atoms with E-state index in [2.05, 4.69) is 11.0 Å². The molecule has 0 bridgehead atoms. The number of rotatable bonds is 3. The van der Waals surface area contributed by atoms with Crippen LogP contribution in [0.25, 0.3) is 0 Å². The molecule has 2 aromatic rings. The minimum atomic E-state index is 0.136. The van der Waals surface area contributed by atoms with E-state index in [1.807, 2.05) is 53.4 Å². The van der Waals surface area contributed by atoms with Crippen molar-refractivity contribution in [1.29, 1.82) is 5.26 Å². The van der Waals surface area contributed by atoms with Crippen LogP contribution in [-0.2, 0) is 11.2 Å². The number of hydrogen-bond donors (Lipinski definition) is 0. The summed E-state index contributed by atoms with van der Waals surface area (Å²) in [4.78, 5) is 16.6. The van der Waals surface area contributed by atoms with Crippen molar-refractivity contribution in [3.05, 3.63) is 64.7 Å². The number of carbonyl (C=O) groups is 1. The topological polar surface area (TPSA) is 47.3 Å². The Morgan fingerprint density at radius 1 is 1.08 bits per heavy atom. The Labute approximate surface area is 146 Å². The van der Waals surface area contributed by atoms with E-state index in [1.54, 1.807) is 0 Å². The fraction of sp³-hybridized carbons (Fsp3) is 0.263. The highest BCUT2D eigenvalue weighted by atomic mass is 35.5.